The third-order valence-electron chi connectivity index (χ3n) is 4.65. The number of anilines is 2. The van der Waals surface area contributed by atoms with Crippen molar-refractivity contribution in [2.75, 3.05) is 17.6 Å². The summed E-state index contributed by atoms with van der Waals surface area (Å²) >= 11 is 1.29. The van der Waals surface area contributed by atoms with Crippen LogP contribution in [-0.4, -0.2) is 22.9 Å². The zero-order valence-electron chi connectivity index (χ0n) is 11.9. The van der Waals surface area contributed by atoms with Crippen molar-refractivity contribution in [3.05, 3.63) is 5.56 Å². The molecule has 1 heterocycles. The molecule has 2 fully saturated rings. The van der Waals surface area contributed by atoms with E-state index in [-0.39, 0.29) is 5.91 Å². The molecule has 6 heteroatoms. The molecular weight excluding hydrogens is 272 g/mol. The number of nitrogens with two attached hydrogens (primary N) is 1. The maximum absolute atomic E-state index is 12.2. The second-order valence-electron chi connectivity index (χ2n) is 6.08. The number of aromatic nitrogens is 1. The summed E-state index contributed by atoms with van der Waals surface area (Å²) in [6.07, 6.45) is 7.19. The molecule has 2 aliphatic rings. The van der Waals surface area contributed by atoms with Crippen LogP contribution >= 0.6 is 11.5 Å². The standard InChI is InChI=1S/C14H22N4OS/c1-2-14(6-3-7-14)8-16-13-10(11(15)18-20-13)12(19)17-9-4-5-9/h9,16H,2-8H2,1H3,(H2,15,18)(H,17,19). The summed E-state index contributed by atoms with van der Waals surface area (Å²) in [5, 5.41) is 7.22. The van der Waals surface area contributed by atoms with E-state index in [9.17, 15) is 4.79 Å². The molecule has 0 atom stereocenters. The number of nitrogen functional groups attached to an aromatic ring is 1. The predicted molar refractivity (Wildman–Crippen MR) is 82.1 cm³/mol. The van der Waals surface area contributed by atoms with Crippen molar-refractivity contribution in [3.8, 4) is 0 Å². The van der Waals surface area contributed by atoms with E-state index in [0.29, 0.717) is 22.8 Å². The van der Waals surface area contributed by atoms with Gasteiger partial charge in [-0.15, -0.1) is 0 Å². The first-order chi connectivity index (χ1) is 9.63. The SMILES string of the molecule is CCC1(CNc2snc(N)c2C(=O)NC2CC2)CCC1. The number of carbonyl (C=O) groups excluding carboxylic acids is 1. The molecule has 0 saturated heterocycles. The van der Waals surface area contributed by atoms with E-state index in [4.69, 9.17) is 5.73 Å². The van der Waals surface area contributed by atoms with E-state index in [1.807, 2.05) is 0 Å². The zero-order valence-corrected chi connectivity index (χ0v) is 12.7. The van der Waals surface area contributed by atoms with Gasteiger partial charge in [0.1, 0.15) is 10.6 Å². The van der Waals surface area contributed by atoms with Gasteiger partial charge in [-0.05, 0) is 49.1 Å². The van der Waals surface area contributed by atoms with Crippen molar-refractivity contribution in [2.45, 2.75) is 51.5 Å². The minimum Gasteiger partial charge on any atom is -0.382 e. The van der Waals surface area contributed by atoms with Gasteiger partial charge in [-0.2, -0.15) is 4.37 Å². The number of amides is 1. The Hall–Kier alpha value is -1.30. The number of rotatable bonds is 6. The molecule has 2 saturated carbocycles. The van der Waals surface area contributed by atoms with Gasteiger partial charge < -0.3 is 16.4 Å². The molecule has 5 nitrogen and oxygen atoms in total. The van der Waals surface area contributed by atoms with Gasteiger partial charge in [0.15, 0.2) is 5.82 Å². The number of hydrogen-bond acceptors (Lipinski definition) is 5. The van der Waals surface area contributed by atoms with Crippen LogP contribution in [0.5, 0.6) is 0 Å². The highest BCUT2D eigenvalue weighted by Crippen LogP contribution is 2.44. The molecule has 0 spiro atoms. The highest BCUT2D eigenvalue weighted by atomic mass is 32.1. The van der Waals surface area contributed by atoms with Gasteiger partial charge in [-0.3, -0.25) is 4.79 Å². The normalized spacial score (nSPS) is 20.2. The van der Waals surface area contributed by atoms with Gasteiger partial charge in [0.2, 0.25) is 0 Å². The lowest BCUT2D eigenvalue weighted by atomic mass is 9.67. The van der Waals surface area contributed by atoms with Crippen LogP contribution in [0.15, 0.2) is 0 Å². The average Bonchev–Trinajstić information content (AvgIpc) is 3.11. The first-order valence-electron chi connectivity index (χ1n) is 7.43. The molecule has 0 aliphatic heterocycles. The fourth-order valence-electron chi connectivity index (χ4n) is 2.73. The smallest absolute Gasteiger partial charge is 0.258 e. The Kier molecular flexibility index (Phi) is 3.58. The lowest BCUT2D eigenvalue weighted by molar-refractivity contribution is 0.0952. The maximum atomic E-state index is 12.2. The molecule has 0 aromatic carbocycles. The molecule has 110 valence electrons. The Balaban J connectivity index is 1.68. The Morgan fingerprint density at radius 3 is 2.80 bits per heavy atom. The van der Waals surface area contributed by atoms with Gasteiger partial charge >= 0.3 is 0 Å². The zero-order chi connectivity index (χ0) is 14.2. The number of carbonyl (C=O) groups is 1. The van der Waals surface area contributed by atoms with Crippen LogP contribution in [0.3, 0.4) is 0 Å². The molecule has 4 N–H and O–H groups in total. The molecule has 0 bridgehead atoms. The largest absolute Gasteiger partial charge is 0.382 e. The number of nitrogens with zero attached hydrogens (tertiary/aromatic N) is 1. The lowest BCUT2D eigenvalue weighted by Gasteiger charge is -2.41. The van der Waals surface area contributed by atoms with Gasteiger partial charge in [0.05, 0.1) is 0 Å². The van der Waals surface area contributed by atoms with Crippen LogP contribution in [0, 0.1) is 5.41 Å². The van der Waals surface area contributed by atoms with Crippen LogP contribution < -0.4 is 16.4 Å². The third-order valence-corrected chi connectivity index (χ3v) is 5.47. The Morgan fingerprint density at radius 2 is 2.25 bits per heavy atom. The minimum atomic E-state index is -0.0830. The van der Waals surface area contributed by atoms with Crippen LogP contribution in [0.4, 0.5) is 10.8 Å². The van der Waals surface area contributed by atoms with E-state index in [2.05, 4.69) is 21.9 Å². The number of hydrogen-bond donors (Lipinski definition) is 3. The number of nitrogens with one attached hydrogen (secondary N) is 2. The summed E-state index contributed by atoms with van der Waals surface area (Å²) in [5.74, 6) is 0.259. The van der Waals surface area contributed by atoms with E-state index >= 15 is 0 Å². The van der Waals surface area contributed by atoms with Crippen molar-refractivity contribution in [3.63, 3.8) is 0 Å². The summed E-state index contributed by atoms with van der Waals surface area (Å²) in [6, 6.07) is 0.336. The van der Waals surface area contributed by atoms with Crippen molar-refractivity contribution < 1.29 is 4.79 Å². The molecule has 2 aliphatic carbocycles. The average molecular weight is 294 g/mol. The van der Waals surface area contributed by atoms with Gasteiger partial charge in [0, 0.05) is 12.6 Å². The fourth-order valence-corrected chi connectivity index (χ4v) is 3.43. The maximum Gasteiger partial charge on any atom is 0.258 e. The van der Waals surface area contributed by atoms with E-state index in [1.165, 1.54) is 37.2 Å². The third kappa shape index (κ3) is 2.61. The molecule has 1 aromatic rings. The molecule has 20 heavy (non-hydrogen) atoms. The molecule has 1 amide bonds. The lowest BCUT2D eigenvalue weighted by Crippen LogP contribution is -2.36. The van der Waals surface area contributed by atoms with E-state index in [1.54, 1.807) is 0 Å². The highest BCUT2D eigenvalue weighted by molar-refractivity contribution is 7.11. The molecule has 1 aromatic heterocycles. The Bertz CT molecular complexity index is 500. The first kappa shape index (κ1) is 13.7. The summed E-state index contributed by atoms with van der Waals surface area (Å²) in [6.45, 7) is 3.15. The first-order valence-corrected chi connectivity index (χ1v) is 8.21. The van der Waals surface area contributed by atoms with Crippen LogP contribution in [-0.2, 0) is 0 Å². The van der Waals surface area contributed by atoms with Crippen LogP contribution in [0.2, 0.25) is 0 Å². The second-order valence-corrected chi connectivity index (χ2v) is 6.85. The van der Waals surface area contributed by atoms with Crippen molar-refractivity contribution in [1.82, 2.24) is 9.69 Å². The molecule has 0 radical (unpaired) electrons. The summed E-state index contributed by atoms with van der Waals surface area (Å²) in [4.78, 5) is 12.2. The summed E-state index contributed by atoms with van der Waals surface area (Å²) in [7, 11) is 0. The quantitative estimate of drug-likeness (QED) is 0.753. The summed E-state index contributed by atoms with van der Waals surface area (Å²) < 4.78 is 4.13. The minimum absolute atomic E-state index is 0.0830. The molecule has 0 unspecified atom stereocenters. The molecule has 3 rings (SSSR count). The summed E-state index contributed by atoms with van der Waals surface area (Å²) in [5.41, 5.74) is 6.80. The van der Waals surface area contributed by atoms with Crippen molar-refractivity contribution >= 4 is 28.3 Å². The monoisotopic (exact) mass is 294 g/mol. The fraction of sp³-hybridized carbons (Fsp3) is 0.714. The van der Waals surface area contributed by atoms with Gasteiger partial charge in [-0.1, -0.05) is 13.3 Å². The predicted octanol–water partition coefficient (Wildman–Crippen LogP) is 2.61. The van der Waals surface area contributed by atoms with Gasteiger partial charge in [0.25, 0.3) is 5.91 Å². The second kappa shape index (κ2) is 5.24. The topological polar surface area (TPSA) is 80.0 Å². The van der Waals surface area contributed by atoms with Crippen LogP contribution in [0.25, 0.3) is 0 Å². The Labute approximate surface area is 123 Å². The highest BCUT2D eigenvalue weighted by Gasteiger charge is 2.35. The Morgan fingerprint density at radius 1 is 1.50 bits per heavy atom. The van der Waals surface area contributed by atoms with Gasteiger partial charge in [-0.25, -0.2) is 0 Å². The van der Waals surface area contributed by atoms with Crippen molar-refractivity contribution in [1.29, 1.82) is 0 Å². The van der Waals surface area contributed by atoms with E-state index in [0.717, 1.165) is 24.4 Å². The molecular formula is C14H22N4OS. The van der Waals surface area contributed by atoms with E-state index < -0.39 is 0 Å². The van der Waals surface area contributed by atoms with Crippen LogP contribution in [0.1, 0.15) is 55.8 Å². The van der Waals surface area contributed by atoms with Crippen molar-refractivity contribution in [2.24, 2.45) is 5.41 Å².